The number of esters is 1. The molecular weight excluding hydrogens is 617 g/mol. The lowest BCUT2D eigenvalue weighted by molar-refractivity contribution is -0.136. The minimum atomic E-state index is -1.33. The van der Waals surface area contributed by atoms with Gasteiger partial charge in [0.25, 0.3) is 0 Å². The molecule has 48 heavy (non-hydrogen) atoms. The highest BCUT2D eigenvalue weighted by Gasteiger charge is 2.63. The van der Waals surface area contributed by atoms with Gasteiger partial charge in [0.05, 0.1) is 25.6 Å². The van der Waals surface area contributed by atoms with Gasteiger partial charge in [-0.15, -0.1) is 0 Å². The molecule has 0 fully saturated rings. The second kappa shape index (κ2) is 13.6. The average Bonchev–Trinajstić information content (AvgIpc) is 3.67. The third kappa shape index (κ3) is 5.65. The van der Waals surface area contributed by atoms with Gasteiger partial charge in [0, 0.05) is 16.2 Å². The number of rotatable bonds is 9. The number of allylic oxidation sites excluding steroid dienone is 1. The number of thioether (sulfide) groups is 1. The number of hydrazone groups is 1. The zero-order valence-electron chi connectivity index (χ0n) is 26.7. The van der Waals surface area contributed by atoms with Gasteiger partial charge in [-0.25, -0.2) is 14.8 Å². The average molecular weight is 651 g/mol. The number of methoxy groups -OCH3 is 2. The van der Waals surface area contributed by atoms with Crippen LogP contribution in [0.15, 0.2) is 166 Å². The van der Waals surface area contributed by atoms with Crippen molar-refractivity contribution in [2.24, 2.45) is 10.1 Å². The van der Waals surface area contributed by atoms with Crippen molar-refractivity contribution in [3.63, 3.8) is 0 Å². The van der Waals surface area contributed by atoms with Gasteiger partial charge in [-0.3, -0.25) is 4.90 Å². The van der Waals surface area contributed by atoms with E-state index in [2.05, 4.69) is 17.0 Å². The van der Waals surface area contributed by atoms with Crippen LogP contribution in [-0.4, -0.2) is 36.7 Å². The van der Waals surface area contributed by atoms with Crippen molar-refractivity contribution in [3.05, 3.63) is 167 Å². The maximum absolute atomic E-state index is 14.4. The highest BCUT2D eigenvalue weighted by molar-refractivity contribution is 8.18. The largest absolute Gasteiger partial charge is 0.497 e. The Morgan fingerprint density at radius 1 is 0.729 bits per heavy atom. The second-order valence-corrected chi connectivity index (χ2v) is 12.4. The molecule has 0 saturated carbocycles. The van der Waals surface area contributed by atoms with Gasteiger partial charge >= 0.3 is 5.97 Å². The van der Waals surface area contributed by atoms with E-state index in [-0.39, 0.29) is 0 Å². The lowest BCUT2D eigenvalue weighted by Gasteiger charge is -2.42. The van der Waals surface area contributed by atoms with Crippen molar-refractivity contribution < 1.29 is 14.3 Å². The highest BCUT2D eigenvalue weighted by Crippen LogP contribution is 2.55. The number of amidine groups is 1. The molecule has 5 aromatic rings. The first kappa shape index (κ1) is 31.0. The molecule has 0 radical (unpaired) electrons. The third-order valence-electron chi connectivity index (χ3n) is 8.41. The summed E-state index contributed by atoms with van der Waals surface area (Å²) in [5.74, 6) is 0.945. The first-order valence-electron chi connectivity index (χ1n) is 15.7. The van der Waals surface area contributed by atoms with Crippen LogP contribution >= 0.6 is 11.8 Å². The molecule has 7 nitrogen and oxygen atoms in total. The number of ether oxygens (including phenoxy) is 2. The van der Waals surface area contributed by atoms with E-state index < -0.39 is 11.6 Å². The SMILES string of the molecule is COC(=O)C1=C(CCc2ccccc2)SC(=Nc2ccccc2)C12N(c1ccccc1)N=C(c1ccccc1)N2c1ccc(OC)cc1. The number of aryl methyl sites for hydroxylation is 1. The van der Waals surface area contributed by atoms with E-state index in [1.54, 1.807) is 7.11 Å². The Morgan fingerprint density at radius 2 is 1.33 bits per heavy atom. The molecule has 0 N–H and O–H groups in total. The molecule has 0 aliphatic carbocycles. The van der Waals surface area contributed by atoms with Gasteiger partial charge in [0.1, 0.15) is 16.4 Å². The Morgan fingerprint density at radius 3 is 1.96 bits per heavy atom. The lowest BCUT2D eigenvalue weighted by Crippen LogP contribution is -2.62. The van der Waals surface area contributed by atoms with Gasteiger partial charge in [-0.2, -0.15) is 5.10 Å². The summed E-state index contributed by atoms with van der Waals surface area (Å²) in [7, 11) is 3.09. The molecule has 0 bridgehead atoms. The van der Waals surface area contributed by atoms with E-state index >= 15 is 0 Å². The standard InChI is InChI=1S/C40H34N4O3S/c1-46-34-26-24-32(25-27-34)43-37(30-17-9-4-10-18-30)42-44(33-21-13-6-14-22-33)40(43)36(38(45)47-2)35(28-23-29-15-7-3-8-16-29)48-39(40)41-31-19-11-5-12-20-31/h3-22,24-27H,23,28H2,1-2H3. The molecule has 1 spiro atoms. The number of carbonyl (C=O) groups excluding carboxylic acids is 1. The minimum absolute atomic E-state index is 0.437. The smallest absolute Gasteiger partial charge is 0.339 e. The number of benzene rings is 5. The van der Waals surface area contributed by atoms with Crippen LogP contribution in [0.3, 0.4) is 0 Å². The number of hydrogen-bond donors (Lipinski definition) is 0. The van der Waals surface area contributed by atoms with E-state index in [4.69, 9.17) is 19.6 Å². The minimum Gasteiger partial charge on any atom is -0.497 e. The molecule has 0 saturated heterocycles. The fraction of sp³-hybridized carbons (Fsp3) is 0.125. The first-order valence-corrected chi connectivity index (χ1v) is 16.6. The Labute approximate surface area is 284 Å². The van der Waals surface area contributed by atoms with Crippen LogP contribution in [0.25, 0.3) is 0 Å². The zero-order valence-corrected chi connectivity index (χ0v) is 27.5. The zero-order chi connectivity index (χ0) is 32.9. The Hall–Kier alpha value is -5.60. The molecule has 8 heteroatoms. The molecule has 2 aliphatic heterocycles. The van der Waals surface area contributed by atoms with E-state index in [9.17, 15) is 4.79 Å². The van der Waals surface area contributed by atoms with E-state index in [0.717, 1.165) is 39.7 Å². The number of nitrogens with zero attached hydrogens (tertiary/aromatic N) is 4. The van der Waals surface area contributed by atoms with Crippen LogP contribution in [0, 0.1) is 0 Å². The maximum atomic E-state index is 14.4. The van der Waals surface area contributed by atoms with E-state index in [1.807, 2.05) is 138 Å². The number of aliphatic imine (C=N–C) groups is 1. The first-order chi connectivity index (χ1) is 23.6. The van der Waals surface area contributed by atoms with Crippen molar-refractivity contribution in [1.29, 1.82) is 0 Å². The number of para-hydroxylation sites is 2. The van der Waals surface area contributed by atoms with E-state index in [1.165, 1.54) is 24.4 Å². The number of anilines is 2. The molecule has 0 amide bonds. The second-order valence-electron chi connectivity index (χ2n) is 11.3. The van der Waals surface area contributed by atoms with Gasteiger partial charge in [0.15, 0.2) is 5.84 Å². The highest BCUT2D eigenvalue weighted by atomic mass is 32.2. The van der Waals surface area contributed by atoms with Gasteiger partial charge < -0.3 is 9.47 Å². The summed E-state index contributed by atoms with van der Waals surface area (Å²) in [6.07, 6.45) is 1.34. The van der Waals surface area contributed by atoms with Gasteiger partial charge in [-0.05, 0) is 66.9 Å². The quantitative estimate of drug-likeness (QED) is 0.149. The summed E-state index contributed by atoms with van der Waals surface area (Å²) in [4.78, 5) is 22.8. The van der Waals surface area contributed by atoms with Crippen LogP contribution in [0.5, 0.6) is 5.75 Å². The predicted molar refractivity (Wildman–Crippen MR) is 195 cm³/mol. The molecule has 1 unspecified atom stereocenters. The van der Waals surface area contributed by atoms with E-state index in [0.29, 0.717) is 22.9 Å². The summed E-state index contributed by atoms with van der Waals surface area (Å²) in [6.45, 7) is 0. The summed E-state index contributed by atoms with van der Waals surface area (Å²) in [6, 6.07) is 48.0. The topological polar surface area (TPSA) is 66.7 Å². The Balaban J connectivity index is 1.55. The molecule has 1 atom stereocenters. The number of hydrogen-bond acceptors (Lipinski definition) is 8. The Bertz CT molecular complexity index is 1980. The van der Waals surface area contributed by atoms with Crippen LogP contribution in [0.1, 0.15) is 17.5 Å². The van der Waals surface area contributed by atoms with Crippen LogP contribution in [0.2, 0.25) is 0 Å². The molecule has 2 aliphatic rings. The monoisotopic (exact) mass is 650 g/mol. The van der Waals surface area contributed by atoms with Crippen LogP contribution in [0.4, 0.5) is 17.1 Å². The summed E-state index contributed by atoms with van der Waals surface area (Å²) < 4.78 is 11.2. The van der Waals surface area contributed by atoms with Crippen molar-refractivity contribution in [1.82, 2.24) is 0 Å². The van der Waals surface area contributed by atoms with Crippen molar-refractivity contribution in [3.8, 4) is 5.75 Å². The molecule has 7 rings (SSSR count). The normalized spacial score (nSPS) is 18.0. The van der Waals surface area contributed by atoms with Crippen LogP contribution in [-0.2, 0) is 16.0 Å². The lowest BCUT2D eigenvalue weighted by atomic mass is 9.93. The fourth-order valence-electron chi connectivity index (χ4n) is 6.19. The summed E-state index contributed by atoms with van der Waals surface area (Å²) in [5.41, 5.74) is 3.59. The maximum Gasteiger partial charge on any atom is 0.339 e. The third-order valence-corrected chi connectivity index (χ3v) is 9.63. The van der Waals surface area contributed by atoms with Crippen molar-refractivity contribution in [2.75, 3.05) is 24.1 Å². The fourth-order valence-corrected chi connectivity index (χ4v) is 7.53. The van der Waals surface area contributed by atoms with Gasteiger partial charge in [0.2, 0.25) is 5.66 Å². The molecule has 2 heterocycles. The molecule has 5 aromatic carbocycles. The predicted octanol–water partition coefficient (Wildman–Crippen LogP) is 8.62. The van der Waals surface area contributed by atoms with Crippen LogP contribution < -0.4 is 14.6 Å². The van der Waals surface area contributed by atoms with Gasteiger partial charge in [-0.1, -0.05) is 109 Å². The Kier molecular flexibility index (Phi) is 8.81. The molecular formula is C40H34N4O3S. The molecule has 0 aromatic heterocycles. The number of carbonyl (C=O) groups is 1. The summed E-state index contributed by atoms with van der Waals surface area (Å²) >= 11 is 1.52. The van der Waals surface area contributed by atoms with Crippen molar-refractivity contribution in [2.45, 2.75) is 18.5 Å². The van der Waals surface area contributed by atoms with Crippen molar-refractivity contribution >= 4 is 45.7 Å². The summed E-state index contributed by atoms with van der Waals surface area (Å²) in [5, 5.41) is 8.01. The molecule has 238 valence electrons.